The molecule has 1 heterocycles. The third kappa shape index (κ3) is 3.06. The van der Waals surface area contributed by atoms with Crippen LogP contribution in [0.15, 0.2) is 18.2 Å². The van der Waals surface area contributed by atoms with Gasteiger partial charge in [0.1, 0.15) is 0 Å². The average molecular weight is 335 g/mol. The van der Waals surface area contributed by atoms with Crippen LogP contribution in [0.3, 0.4) is 0 Å². The lowest BCUT2D eigenvalue weighted by molar-refractivity contribution is -0.127. The lowest BCUT2D eigenvalue weighted by Gasteiger charge is -2.24. The summed E-state index contributed by atoms with van der Waals surface area (Å²) in [5.74, 6) is -3.36. The van der Waals surface area contributed by atoms with Crippen LogP contribution in [-0.4, -0.2) is 33.4 Å². The van der Waals surface area contributed by atoms with Gasteiger partial charge in [0, 0.05) is 19.8 Å². The molecule has 0 aliphatic rings. The van der Waals surface area contributed by atoms with E-state index in [1.807, 2.05) is 0 Å². The molecule has 0 radical (unpaired) electrons. The molecule has 1 unspecified atom stereocenters. The molecule has 0 aliphatic carbocycles. The fourth-order valence-electron chi connectivity index (χ4n) is 2.54. The molecular formula is C17H19F2N3O2. The van der Waals surface area contributed by atoms with Crippen LogP contribution in [0.2, 0.25) is 0 Å². The maximum atomic E-state index is 13.4. The molecule has 0 bridgehead atoms. The highest BCUT2D eigenvalue weighted by Gasteiger charge is 2.29. The van der Waals surface area contributed by atoms with Gasteiger partial charge in [-0.15, -0.1) is 0 Å². The predicted octanol–water partition coefficient (Wildman–Crippen LogP) is 2.72. The van der Waals surface area contributed by atoms with Gasteiger partial charge in [0.2, 0.25) is 0 Å². The minimum atomic E-state index is -0.995. The maximum absolute atomic E-state index is 13.4. The van der Waals surface area contributed by atoms with Gasteiger partial charge in [-0.2, -0.15) is 5.10 Å². The van der Waals surface area contributed by atoms with Crippen molar-refractivity contribution in [2.45, 2.75) is 26.8 Å². The van der Waals surface area contributed by atoms with Crippen LogP contribution in [0.1, 0.15) is 40.3 Å². The third-order valence-electron chi connectivity index (χ3n) is 4.26. The van der Waals surface area contributed by atoms with Gasteiger partial charge in [-0.1, -0.05) is 6.07 Å². The summed E-state index contributed by atoms with van der Waals surface area (Å²) in [6, 6.07) is 2.82. The van der Waals surface area contributed by atoms with Crippen molar-refractivity contribution in [2.75, 3.05) is 7.05 Å². The zero-order valence-electron chi connectivity index (χ0n) is 14.2. The Bertz CT molecular complexity index is 814. The van der Waals surface area contributed by atoms with E-state index in [0.29, 0.717) is 17.0 Å². The molecule has 128 valence electrons. The summed E-state index contributed by atoms with van der Waals surface area (Å²) in [6.45, 7) is 5.01. The number of rotatable bonds is 4. The first-order valence-corrected chi connectivity index (χ1v) is 7.41. The van der Waals surface area contributed by atoms with Crippen molar-refractivity contribution in [1.29, 1.82) is 0 Å². The lowest BCUT2D eigenvalue weighted by Crippen LogP contribution is -2.35. The molecule has 1 atom stereocenters. The van der Waals surface area contributed by atoms with Gasteiger partial charge in [0.05, 0.1) is 17.3 Å². The standard InChI is InChI=1S/C17H19F2N3O2/c1-9-15(11(3)22(5)20-9)16(23)17(24)21(4)10(2)12-6-7-13(18)14(19)8-12/h6-8,10H,1-5H3. The Hall–Kier alpha value is -2.57. The van der Waals surface area contributed by atoms with Crippen molar-refractivity contribution in [3.05, 3.63) is 52.3 Å². The van der Waals surface area contributed by atoms with Crippen molar-refractivity contribution >= 4 is 11.7 Å². The van der Waals surface area contributed by atoms with Crippen molar-refractivity contribution in [3.63, 3.8) is 0 Å². The molecule has 5 nitrogen and oxygen atoms in total. The number of ketones is 1. The van der Waals surface area contributed by atoms with Crippen LogP contribution >= 0.6 is 0 Å². The highest BCUT2D eigenvalue weighted by Crippen LogP contribution is 2.22. The predicted molar refractivity (Wildman–Crippen MR) is 84.6 cm³/mol. The molecule has 1 amide bonds. The van der Waals surface area contributed by atoms with Crippen LogP contribution in [-0.2, 0) is 11.8 Å². The van der Waals surface area contributed by atoms with Gasteiger partial charge < -0.3 is 4.90 Å². The number of aromatic nitrogens is 2. The molecule has 24 heavy (non-hydrogen) atoms. The maximum Gasteiger partial charge on any atom is 0.295 e. The van der Waals surface area contributed by atoms with Crippen LogP contribution < -0.4 is 0 Å². The first-order valence-electron chi connectivity index (χ1n) is 7.41. The van der Waals surface area contributed by atoms with E-state index in [0.717, 1.165) is 12.1 Å². The number of amides is 1. The zero-order valence-corrected chi connectivity index (χ0v) is 14.2. The summed E-state index contributed by atoms with van der Waals surface area (Å²) in [7, 11) is 3.14. The second-order valence-electron chi connectivity index (χ2n) is 5.76. The number of carbonyl (C=O) groups is 2. The average Bonchev–Trinajstić information content (AvgIpc) is 2.79. The number of Topliss-reactive ketones (excluding diaryl/α,β-unsaturated/α-hetero) is 1. The fourth-order valence-corrected chi connectivity index (χ4v) is 2.54. The van der Waals surface area contributed by atoms with E-state index in [9.17, 15) is 18.4 Å². The van der Waals surface area contributed by atoms with Crippen LogP contribution in [0.25, 0.3) is 0 Å². The summed E-state index contributed by atoms with van der Waals surface area (Å²) < 4.78 is 28.0. The molecule has 0 saturated heterocycles. The normalized spacial score (nSPS) is 12.1. The molecule has 2 aromatic rings. The quantitative estimate of drug-likeness (QED) is 0.638. The van der Waals surface area contributed by atoms with E-state index in [1.165, 1.54) is 22.7 Å². The Balaban J connectivity index is 2.27. The monoisotopic (exact) mass is 335 g/mol. The van der Waals surface area contributed by atoms with E-state index in [-0.39, 0.29) is 5.56 Å². The lowest BCUT2D eigenvalue weighted by atomic mass is 10.0. The SMILES string of the molecule is Cc1nn(C)c(C)c1C(=O)C(=O)N(C)C(C)c1ccc(F)c(F)c1. The topological polar surface area (TPSA) is 55.2 Å². The van der Waals surface area contributed by atoms with E-state index in [2.05, 4.69) is 5.10 Å². The molecule has 0 fully saturated rings. The molecule has 2 rings (SSSR count). The first-order chi connectivity index (χ1) is 11.1. The molecule has 0 spiro atoms. The largest absolute Gasteiger partial charge is 0.332 e. The first kappa shape index (κ1) is 17.8. The van der Waals surface area contributed by atoms with E-state index >= 15 is 0 Å². The second-order valence-corrected chi connectivity index (χ2v) is 5.76. The summed E-state index contributed by atoms with van der Waals surface area (Å²) in [5, 5.41) is 4.13. The summed E-state index contributed by atoms with van der Waals surface area (Å²) in [5.41, 5.74) is 1.74. The molecule has 1 aromatic carbocycles. The van der Waals surface area contributed by atoms with Crippen molar-refractivity contribution < 1.29 is 18.4 Å². The van der Waals surface area contributed by atoms with Gasteiger partial charge >= 0.3 is 0 Å². The molecule has 0 aliphatic heterocycles. The van der Waals surface area contributed by atoms with Gasteiger partial charge in [0.25, 0.3) is 11.7 Å². The minimum absolute atomic E-state index is 0.270. The number of halogens is 2. The highest BCUT2D eigenvalue weighted by atomic mass is 19.2. The summed E-state index contributed by atoms with van der Waals surface area (Å²) >= 11 is 0. The van der Waals surface area contributed by atoms with E-state index < -0.39 is 29.4 Å². The van der Waals surface area contributed by atoms with Crippen molar-refractivity contribution in [3.8, 4) is 0 Å². The minimum Gasteiger partial charge on any atom is -0.332 e. The van der Waals surface area contributed by atoms with E-state index in [1.54, 1.807) is 27.8 Å². The Labute approximate surface area is 138 Å². The number of likely N-dealkylation sites (N-methyl/N-ethyl adjacent to an activating group) is 1. The molecule has 1 aromatic heterocycles. The third-order valence-corrected chi connectivity index (χ3v) is 4.26. The summed E-state index contributed by atoms with van der Waals surface area (Å²) in [6.07, 6.45) is 0. The Morgan fingerprint density at radius 3 is 2.33 bits per heavy atom. The summed E-state index contributed by atoms with van der Waals surface area (Å²) in [4.78, 5) is 26.2. The van der Waals surface area contributed by atoms with E-state index in [4.69, 9.17) is 0 Å². The fraction of sp³-hybridized carbons (Fsp3) is 0.353. The smallest absolute Gasteiger partial charge is 0.295 e. The molecule has 0 N–H and O–H groups in total. The van der Waals surface area contributed by atoms with Crippen LogP contribution in [0.5, 0.6) is 0 Å². The number of aryl methyl sites for hydroxylation is 2. The van der Waals surface area contributed by atoms with Crippen LogP contribution in [0.4, 0.5) is 8.78 Å². The van der Waals surface area contributed by atoms with Gasteiger partial charge in [-0.05, 0) is 38.5 Å². The second kappa shape index (κ2) is 6.51. The van der Waals surface area contributed by atoms with Gasteiger partial charge in [-0.25, -0.2) is 8.78 Å². The number of nitrogens with zero attached hydrogens (tertiary/aromatic N) is 3. The number of hydrogen-bond acceptors (Lipinski definition) is 3. The van der Waals surface area contributed by atoms with Crippen LogP contribution in [0, 0.1) is 25.5 Å². The number of hydrogen-bond donors (Lipinski definition) is 0. The Morgan fingerprint density at radius 2 is 1.83 bits per heavy atom. The molecule has 0 saturated carbocycles. The van der Waals surface area contributed by atoms with Crippen molar-refractivity contribution in [2.24, 2.45) is 7.05 Å². The van der Waals surface area contributed by atoms with Gasteiger partial charge in [-0.3, -0.25) is 14.3 Å². The Kier molecular flexibility index (Phi) is 4.82. The zero-order chi connectivity index (χ0) is 18.2. The molecular weight excluding hydrogens is 316 g/mol. The van der Waals surface area contributed by atoms with Crippen molar-refractivity contribution in [1.82, 2.24) is 14.7 Å². The highest BCUT2D eigenvalue weighted by molar-refractivity contribution is 6.43. The number of carbonyl (C=O) groups excluding carboxylic acids is 2. The van der Waals surface area contributed by atoms with Gasteiger partial charge in [0.15, 0.2) is 11.6 Å². The Morgan fingerprint density at radius 1 is 1.21 bits per heavy atom. The number of benzene rings is 1. The molecule has 7 heteroatoms.